The Labute approximate surface area is 223 Å². The molecule has 1 aliphatic heterocycles. The molecule has 1 saturated heterocycles. The van der Waals surface area contributed by atoms with Gasteiger partial charge in [-0.3, -0.25) is 10.1 Å². The van der Waals surface area contributed by atoms with Crippen LogP contribution in [0.1, 0.15) is 48.1 Å². The molecule has 3 aromatic rings. The standard InChI is InChI=1S/C27H30ClFN4O2.C2H4/c1-17(20-8-14-31-25(16-20)35-21-9-12-30-13-10-21)4-6-23-18(2)11-15-33(23)32-19(3)26-24(34)7-5-22(29)27(26)28;1-2/h4-8,11,14-17,21,30,32,34H,3,9-10,12-13H2,1-2H3;1-2H2/b6-4-;. The second kappa shape index (κ2) is 13.1. The third-order valence-corrected chi connectivity index (χ3v) is 6.54. The summed E-state index contributed by atoms with van der Waals surface area (Å²) in [6.07, 6.45) is 9.89. The average molecular weight is 525 g/mol. The molecule has 0 radical (unpaired) electrons. The van der Waals surface area contributed by atoms with Crippen LogP contribution in [0, 0.1) is 12.7 Å². The van der Waals surface area contributed by atoms with Gasteiger partial charge in [0.25, 0.3) is 0 Å². The Hall–Kier alpha value is -3.55. The van der Waals surface area contributed by atoms with Gasteiger partial charge in [-0.2, -0.15) is 0 Å². The van der Waals surface area contributed by atoms with Crippen molar-refractivity contribution in [3.63, 3.8) is 0 Å². The maximum Gasteiger partial charge on any atom is 0.213 e. The second-order valence-electron chi connectivity index (χ2n) is 8.74. The summed E-state index contributed by atoms with van der Waals surface area (Å²) in [5, 5.41) is 13.3. The number of aryl methyl sites for hydroxylation is 1. The highest BCUT2D eigenvalue weighted by molar-refractivity contribution is 6.32. The molecule has 1 fully saturated rings. The van der Waals surface area contributed by atoms with Crippen molar-refractivity contribution in [3.05, 3.63) is 102 Å². The SMILES string of the molecule is C=C.C=C(Nn1ccc(C)c1/C=C\C(C)c1ccnc(OC2CCNCC2)c1)c1c(O)ccc(F)c1Cl. The molecule has 1 aromatic carbocycles. The number of aromatic nitrogens is 2. The zero-order valence-corrected chi connectivity index (χ0v) is 22.1. The van der Waals surface area contributed by atoms with E-state index in [4.69, 9.17) is 16.3 Å². The van der Waals surface area contributed by atoms with E-state index >= 15 is 0 Å². The van der Waals surface area contributed by atoms with E-state index in [1.54, 1.807) is 10.9 Å². The van der Waals surface area contributed by atoms with Gasteiger partial charge in [-0.15, -0.1) is 13.2 Å². The number of pyridine rings is 1. The van der Waals surface area contributed by atoms with E-state index in [0.717, 1.165) is 48.8 Å². The molecule has 6 nitrogen and oxygen atoms in total. The summed E-state index contributed by atoms with van der Waals surface area (Å²) < 4.78 is 21.8. The van der Waals surface area contributed by atoms with Crippen LogP contribution in [0.5, 0.6) is 11.6 Å². The number of halogens is 2. The zero-order valence-electron chi connectivity index (χ0n) is 21.3. The molecule has 37 heavy (non-hydrogen) atoms. The summed E-state index contributed by atoms with van der Waals surface area (Å²) in [5.41, 5.74) is 6.53. The Balaban J connectivity index is 0.00000186. The van der Waals surface area contributed by atoms with Crippen LogP contribution < -0.4 is 15.5 Å². The molecule has 0 aliphatic carbocycles. The van der Waals surface area contributed by atoms with Crippen molar-refractivity contribution in [1.29, 1.82) is 0 Å². The molecule has 1 atom stereocenters. The number of ether oxygens (including phenoxy) is 1. The number of rotatable bonds is 8. The Morgan fingerprint density at radius 2 is 2.03 bits per heavy atom. The van der Waals surface area contributed by atoms with Crippen molar-refractivity contribution in [3.8, 4) is 11.6 Å². The first-order valence-corrected chi connectivity index (χ1v) is 12.5. The van der Waals surface area contributed by atoms with E-state index in [1.165, 1.54) is 6.07 Å². The van der Waals surface area contributed by atoms with Gasteiger partial charge in [-0.1, -0.05) is 31.2 Å². The summed E-state index contributed by atoms with van der Waals surface area (Å²) in [5.74, 6) is -0.00965. The average Bonchev–Trinajstić information content (AvgIpc) is 3.25. The molecule has 2 aromatic heterocycles. The third kappa shape index (κ3) is 7.02. The number of phenols is 1. The molecule has 1 unspecified atom stereocenters. The minimum Gasteiger partial charge on any atom is -0.507 e. The zero-order chi connectivity index (χ0) is 26.9. The van der Waals surface area contributed by atoms with Crippen molar-refractivity contribution >= 4 is 23.4 Å². The Morgan fingerprint density at radius 3 is 2.76 bits per heavy atom. The van der Waals surface area contributed by atoms with E-state index < -0.39 is 5.82 Å². The number of aromatic hydroxyl groups is 1. The van der Waals surface area contributed by atoms with Gasteiger partial charge in [0.1, 0.15) is 17.7 Å². The van der Waals surface area contributed by atoms with Gasteiger partial charge in [0.05, 0.1) is 22.0 Å². The lowest BCUT2D eigenvalue weighted by molar-refractivity contribution is 0.156. The highest BCUT2D eigenvalue weighted by Gasteiger charge is 2.17. The topological polar surface area (TPSA) is 71.3 Å². The molecule has 196 valence electrons. The number of hydrogen-bond acceptors (Lipinski definition) is 5. The van der Waals surface area contributed by atoms with Gasteiger partial charge >= 0.3 is 0 Å². The number of allylic oxidation sites excluding steroid dienone is 1. The van der Waals surface area contributed by atoms with E-state index in [2.05, 4.69) is 48.5 Å². The van der Waals surface area contributed by atoms with Crippen molar-refractivity contribution in [1.82, 2.24) is 15.0 Å². The van der Waals surface area contributed by atoms with Crippen molar-refractivity contribution < 1.29 is 14.2 Å². The van der Waals surface area contributed by atoms with Crippen molar-refractivity contribution in [2.45, 2.75) is 38.7 Å². The maximum absolute atomic E-state index is 13.9. The molecule has 0 spiro atoms. The van der Waals surface area contributed by atoms with Gasteiger partial charge in [0, 0.05) is 18.5 Å². The minimum absolute atomic E-state index is 0.112. The Morgan fingerprint density at radius 1 is 1.30 bits per heavy atom. The quantitative estimate of drug-likeness (QED) is 0.288. The molecule has 0 saturated carbocycles. The van der Waals surface area contributed by atoms with Crippen LogP contribution in [0.4, 0.5) is 4.39 Å². The second-order valence-corrected chi connectivity index (χ2v) is 9.12. The lowest BCUT2D eigenvalue weighted by atomic mass is 10.0. The molecule has 0 bridgehead atoms. The van der Waals surface area contributed by atoms with Crippen LogP contribution in [0.15, 0.2) is 68.5 Å². The van der Waals surface area contributed by atoms with Gasteiger partial charge in [0.15, 0.2) is 0 Å². The van der Waals surface area contributed by atoms with Crippen LogP contribution in [-0.4, -0.2) is 34.0 Å². The first-order chi connectivity index (χ1) is 17.8. The molecule has 3 heterocycles. The van der Waals surface area contributed by atoms with Crippen molar-refractivity contribution in [2.75, 3.05) is 18.5 Å². The molecule has 1 aliphatic rings. The highest BCUT2D eigenvalue weighted by Crippen LogP contribution is 2.33. The largest absolute Gasteiger partial charge is 0.507 e. The minimum atomic E-state index is -0.624. The highest BCUT2D eigenvalue weighted by atomic mass is 35.5. The molecule has 8 heteroatoms. The fourth-order valence-corrected chi connectivity index (χ4v) is 4.36. The Kier molecular flexibility index (Phi) is 9.94. The molecule has 4 rings (SSSR count). The van der Waals surface area contributed by atoms with E-state index in [0.29, 0.717) is 5.88 Å². The van der Waals surface area contributed by atoms with Crippen LogP contribution >= 0.6 is 11.6 Å². The first kappa shape index (κ1) is 28.0. The summed E-state index contributed by atoms with van der Waals surface area (Å²) in [6.45, 7) is 16.0. The van der Waals surface area contributed by atoms with Crippen molar-refractivity contribution in [2.24, 2.45) is 0 Å². The lowest BCUT2D eigenvalue weighted by Gasteiger charge is -2.23. The van der Waals surface area contributed by atoms with Gasteiger partial charge in [-0.05, 0) is 80.2 Å². The number of nitrogens with zero attached hydrogens (tertiary/aromatic N) is 2. The number of phenolic OH excluding ortho intramolecular Hbond substituents is 1. The monoisotopic (exact) mass is 524 g/mol. The summed E-state index contributed by atoms with van der Waals surface area (Å²) in [4.78, 5) is 4.39. The van der Waals surface area contributed by atoms with Crippen LogP contribution in [0.2, 0.25) is 5.02 Å². The summed E-state index contributed by atoms with van der Waals surface area (Å²) in [7, 11) is 0. The Bertz CT molecular complexity index is 1250. The van der Waals surface area contributed by atoms with Gasteiger partial charge in [-0.25, -0.2) is 9.37 Å². The third-order valence-electron chi connectivity index (χ3n) is 6.17. The number of piperidine rings is 1. The predicted molar refractivity (Wildman–Crippen MR) is 150 cm³/mol. The molecule has 0 amide bonds. The van der Waals surface area contributed by atoms with Crippen LogP contribution in [0.3, 0.4) is 0 Å². The molecule has 3 N–H and O–H groups in total. The van der Waals surface area contributed by atoms with E-state index in [-0.39, 0.29) is 34.1 Å². The van der Waals surface area contributed by atoms with E-state index in [1.807, 2.05) is 37.4 Å². The molecular formula is C29H34ClFN4O2. The van der Waals surface area contributed by atoms with Gasteiger partial charge < -0.3 is 15.2 Å². The predicted octanol–water partition coefficient (Wildman–Crippen LogP) is 6.65. The number of benzene rings is 1. The first-order valence-electron chi connectivity index (χ1n) is 12.2. The summed E-state index contributed by atoms with van der Waals surface area (Å²) in [6, 6.07) is 8.31. The lowest BCUT2D eigenvalue weighted by Crippen LogP contribution is -2.34. The van der Waals surface area contributed by atoms with Crippen LogP contribution in [0.25, 0.3) is 11.8 Å². The van der Waals surface area contributed by atoms with Gasteiger partial charge in [0.2, 0.25) is 5.88 Å². The number of hydrogen-bond donors (Lipinski definition) is 3. The fraction of sp³-hybridized carbons (Fsp3) is 0.276. The smallest absolute Gasteiger partial charge is 0.213 e. The summed E-state index contributed by atoms with van der Waals surface area (Å²) >= 11 is 6.07. The fourth-order valence-electron chi connectivity index (χ4n) is 4.08. The van der Waals surface area contributed by atoms with E-state index in [9.17, 15) is 9.50 Å². The van der Waals surface area contributed by atoms with Crippen LogP contribution in [-0.2, 0) is 0 Å². The molecular weight excluding hydrogens is 491 g/mol. The maximum atomic E-state index is 13.9. The normalized spacial score (nSPS) is 14.6. The number of nitrogens with one attached hydrogen (secondary N) is 2.